The Morgan fingerprint density at radius 2 is 0.589 bits per heavy atom. The van der Waals surface area contributed by atoms with Gasteiger partial charge in [0.2, 0.25) is 0 Å². The third-order valence-corrected chi connectivity index (χ3v) is 16.8. The Hall–Kier alpha value is -3.94. The van der Waals surface area contributed by atoms with Crippen LogP contribution < -0.4 is 16.4 Å². The highest BCUT2D eigenvalue weighted by Gasteiger charge is 2.63. The van der Waals surface area contributed by atoms with Gasteiger partial charge in [-0.3, -0.25) is 0 Å². The van der Waals surface area contributed by atoms with Crippen LogP contribution in [-0.4, -0.2) is 21.6 Å². The van der Waals surface area contributed by atoms with Crippen LogP contribution in [0.1, 0.15) is 67.9 Å². The summed E-state index contributed by atoms with van der Waals surface area (Å²) in [6.45, 7) is 16.3. The van der Waals surface area contributed by atoms with Crippen molar-refractivity contribution in [1.29, 1.82) is 0 Å². The minimum Gasteiger partial charge on any atom is -0.207 e. The molecule has 0 aliphatic carbocycles. The van der Waals surface area contributed by atoms with Crippen molar-refractivity contribution in [3.63, 3.8) is 0 Å². The molecule has 0 unspecified atom stereocenters. The van der Waals surface area contributed by atoms with Gasteiger partial charge in [0.25, 0.3) is 0 Å². The maximum absolute atomic E-state index is 15.9. The maximum Gasteiger partial charge on any atom is 0.200 e. The number of benzene rings is 4. The molecule has 0 saturated heterocycles. The molecule has 0 saturated carbocycles. The lowest BCUT2D eigenvalue weighted by Gasteiger charge is -2.53. The van der Waals surface area contributed by atoms with E-state index in [1.165, 1.54) is 5.56 Å². The topological polar surface area (TPSA) is 0 Å². The van der Waals surface area contributed by atoms with Crippen molar-refractivity contribution < 1.29 is 65.9 Å². The van der Waals surface area contributed by atoms with Crippen molar-refractivity contribution in [2.24, 2.45) is 0 Å². The predicted molar refractivity (Wildman–Crippen MR) is 190 cm³/mol. The molecule has 0 amide bonds. The van der Waals surface area contributed by atoms with E-state index in [-0.39, 0.29) is 5.98 Å². The highest BCUT2D eigenvalue weighted by molar-refractivity contribution is 7.82. The van der Waals surface area contributed by atoms with E-state index in [1.807, 2.05) is 18.2 Å². The number of aryl methyl sites for hydroxylation is 1. The molecule has 17 heteroatoms. The van der Waals surface area contributed by atoms with Crippen molar-refractivity contribution in [3.05, 3.63) is 135 Å². The molecule has 306 valence electrons. The fourth-order valence-electron chi connectivity index (χ4n) is 8.27. The first-order valence-corrected chi connectivity index (χ1v) is 18.6. The van der Waals surface area contributed by atoms with Gasteiger partial charge in [-0.2, -0.15) is 5.98 Å². The van der Waals surface area contributed by atoms with Gasteiger partial charge < -0.3 is 0 Å². The molecule has 0 radical (unpaired) electrons. The number of hydrogen-bond donors (Lipinski definition) is 0. The summed E-state index contributed by atoms with van der Waals surface area (Å²) in [7, 11) is -3.38. The lowest BCUT2D eigenvalue weighted by atomic mass is 9.15. The lowest BCUT2D eigenvalue weighted by molar-refractivity contribution is 0.380. The molecular weight excluding hydrogens is 795 g/mol. The summed E-state index contributed by atoms with van der Waals surface area (Å²) in [6, 6.07) is 10.3. The Morgan fingerprint density at radius 3 is 0.768 bits per heavy atom. The van der Waals surface area contributed by atoms with E-state index in [2.05, 4.69) is 19.1 Å². The number of rotatable bonds is 5. The second-order valence-electron chi connectivity index (χ2n) is 16.1. The molecule has 0 aliphatic rings. The summed E-state index contributed by atoms with van der Waals surface area (Å²) in [6.07, 6.45) is -5.79. The van der Waals surface area contributed by atoms with Crippen LogP contribution in [0.15, 0.2) is 42.1 Å². The first-order valence-electron chi connectivity index (χ1n) is 16.7. The Morgan fingerprint density at radius 1 is 0.375 bits per heavy atom. The smallest absolute Gasteiger partial charge is 0.200 e. The second kappa shape index (κ2) is 15.8. The fourth-order valence-corrected chi connectivity index (χ4v) is 16.2. The van der Waals surface area contributed by atoms with Gasteiger partial charge in [-0.1, -0.05) is 35.9 Å². The quantitative estimate of drug-likeness (QED) is 0.0618. The summed E-state index contributed by atoms with van der Waals surface area (Å²) in [5, 5.41) is -3.24. The predicted octanol–water partition coefficient (Wildman–Crippen LogP) is 11.7. The third kappa shape index (κ3) is 7.35. The minimum absolute atomic E-state index is 0.0599. The van der Waals surface area contributed by atoms with Crippen molar-refractivity contribution in [2.75, 3.05) is 0 Å². The first kappa shape index (κ1) is 46.4. The van der Waals surface area contributed by atoms with Crippen molar-refractivity contribution >= 4 is 29.8 Å². The zero-order valence-corrected chi connectivity index (χ0v) is 32.6. The van der Waals surface area contributed by atoms with Gasteiger partial charge in [0.1, 0.15) is 41.0 Å². The maximum atomic E-state index is 15.9. The highest BCUT2D eigenvalue weighted by Crippen LogP contribution is 2.84. The highest BCUT2D eigenvalue weighted by atomic mass is 31.2. The van der Waals surface area contributed by atoms with Crippen LogP contribution in [0.3, 0.4) is 0 Å². The average molecular weight is 832 g/mol. The summed E-state index contributed by atoms with van der Waals surface area (Å²) in [4.78, 5) is 0. The monoisotopic (exact) mass is 832 g/mol. The molecule has 56 heavy (non-hydrogen) atoms. The molecule has 0 N–H and O–H groups in total. The van der Waals surface area contributed by atoms with Crippen LogP contribution in [-0.2, 0) is 0 Å². The average Bonchev–Trinajstić information content (AvgIpc) is 3.08. The molecule has 0 fully saturated rings. The Labute approximate surface area is 315 Å². The van der Waals surface area contributed by atoms with Gasteiger partial charge in [-0.25, -0.2) is 65.9 Å². The standard InChI is InChI=1S/C32H29BF15P.C7H8/c1-30(2,3)49(31(4,5)6,32(7,8)9)11-10-33(12-15(34)21(40)27(46)22(41)16(12)35,13-17(36)23(42)28(47)24(43)18(13)37)14-19(38)25(44)29(48)26(45)20(14)39;1-7-5-3-2-4-6-7/h10-11H,1-9H3;2-6H,1H3/b11-10+;. The molecule has 4 rings (SSSR count). The van der Waals surface area contributed by atoms with Crippen LogP contribution in [0.4, 0.5) is 65.9 Å². The zero-order valence-electron chi connectivity index (χ0n) is 31.7. The number of halogens is 15. The van der Waals surface area contributed by atoms with Gasteiger partial charge in [-0.05, 0) is 69.2 Å². The van der Waals surface area contributed by atoms with E-state index in [4.69, 9.17) is 0 Å². The van der Waals surface area contributed by atoms with Gasteiger partial charge in [0, 0.05) is 5.82 Å². The minimum atomic E-state index is -5.79. The molecule has 0 aromatic heterocycles. The second-order valence-corrected chi connectivity index (χ2v) is 21.9. The molecule has 0 spiro atoms. The normalized spacial score (nSPS) is 13.0. The summed E-state index contributed by atoms with van der Waals surface area (Å²) in [5.74, 6) is -44.3. The molecule has 0 aliphatic heterocycles. The van der Waals surface area contributed by atoms with Crippen LogP contribution in [0.5, 0.6) is 0 Å². The summed E-state index contributed by atoms with van der Waals surface area (Å²) in [5.41, 5.74) is -6.61. The summed E-state index contributed by atoms with van der Waals surface area (Å²) >= 11 is 0. The number of hydrogen-bond acceptors (Lipinski definition) is 0. The largest absolute Gasteiger partial charge is 0.207 e. The lowest BCUT2D eigenvalue weighted by Crippen LogP contribution is -2.72. The Kier molecular flexibility index (Phi) is 13.1. The fraction of sp³-hybridized carbons (Fsp3) is 0.333. The third-order valence-electron chi connectivity index (χ3n) is 9.81. The van der Waals surface area contributed by atoms with E-state index < -0.39 is 133 Å². The van der Waals surface area contributed by atoms with Crippen LogP contribution in [0.2, 0.25) is 0 Å². The van der Waals surface area contributed by atoms with E-state index in [0.29, 0.717) is 0 Å². The molecule has 0 atom stereocenters. The Bertz CT molecular complexity index is 1890. The molecule has 0 nitrogen and oxygen atoms in total. The SMILES string of the molecule is CC(C)(C)[P+](/C=C/[B-](c1c(F)c(F)c(F)c(F)c1F)(c1c(F)c(F)c(F)c(F)c1F)c1c(F)c(F)c(F)c(F)c1F)(C(C)(C)C)C(C)(C)C.Cc1ccccc1. The van der Waals surface area contributed by atoms with Gasteiger partial charge in [0.15, 0.2) is 52.4 Å². The van der Waals surface area contributed by atoms with Crippen molar-refractivity contribution in [1.82, 2.24) is 0 Å². The first-order chi connectivity index (χ1) is 25.4. The van der Waals surface area contributed by atoms with Crippen molar-refractivity contribution in [2.45, 2.75) is 84.7 Å². The van der Waals surface area contributed by atoms with Crippen LogP contribution in [0, 0.1) is 94.2 Å². The van der Waals surface area contributed by atoms with E-state index >= 15 is 26.3 Å². The zero-order chi connectivity index (χ0) is 43.4. The molecular formula is C39H37BF15P. The van der Waals surface area contributed by atoms with Gasteiger partial charge in [-0.15, -0.1) is 16.4 Å². The van der Waals surface area contributed by atoms with E-state index in [1.54, 1.807) is 62.3 Å². The van der Waals surface area contributed by atoms with Gasteiger partial charge >= 0.3 is 0 Å². The molecule has 4 aromatic carbocycles. The molecule has 4 aromatic rings. The van der Waals surface area contributed by atoms with Crippen LogP contribution in [0.25, 0.3) is 0 Å². The summed E-state index contributed by atoms with van der Waals surface area (Å²) < 4.78 is 228. The molecule has 0 heterocycles. The van der Waals surface area contributed by atoms with Crippen molar-refractivity contribution in [3.8, 4) is 0 Å². The van der Waals surface area contributed by atoms with E-state index in [9.17, 15) is 39.5 Å². The van der Waals surface area contributed by atoms with Gasteiger partial charge in [0.05, 0.1) is 22.7 Å². The van der Waals surface area contributed by atoms with Crippen LogP contribution >= 0.6 is 7.26 Å². The Balaban J connectivity index is 0.00000108. The molecule has 0 bridgehead atoms. The van der Waals surface area contributed by atoms with E-state index in [0.717, 1.165) is 5.82 Å².